The van der Waals surface area contributed by atoms with Crippen molar-refractivity contribution in [3.63, 3.8) is 0 Å². The monoisotopic (exact) mass is 518 g/mol. The van der Waals surface area contributed by atoms with Crippen LogP contribution in [0.2, 0.25) is 0 Å². The van der Waals surface area contributed by atoms with Gasteiger partial charge in [-0.25, -0.2) is 0 Å². The van der Waals surface area contributed by atoms with Crippen LogP contribution in [0.25, 0.3) is 0 Å². The van der Waals surface area contributed by atoms with Crippen molar-refractivity contribution in [3.8, 4) is 11.8 Å². The van der Waals surface area contributed by atoms with Gasteiger partial charge >= 0.3 is 8.56 Å². The van der Waals surface area contributed by atoms with E-state index in [0.717, 1.165) is 38.9 Å². The van der Waals surface area contributed by atoms with Gasteiger partial charge in [0.2, 0.25) is 0 Å². The second-order valence-corrected chi connectivity index (χ2v) is 13.5. The average Bonchev–Trinajstić information content (AvgIpc) is 2.94. The molecule has 2 aromatic carbocycles. The molecule has 2 aromatic rings. The summed E-state index contributed by atoms with van der Waals surface area (Å²) in [5, 5.41) is 2.45. The van der Waals surface area contributed by atoms with E-state index in [9.17, 15) is 0 Å². The first-order valence-corrected chi connectivity index (χ1v) is 17.1. The lowest BCUT2D eigenvalue weighted by molar-refractivity contribution is 0.184. The molecule has 3 heteroatoms. The Kier molecular flexibility index (Phi) is 15.4. The van der Waals surface area contributed by atoms with Crippen molar-refractivity contribution >= 4 is 18.9 Å². The van der Waals surface area contributed by atoms with Crippen LogP contribution >= 0.6 is 0 Å². The molecule has 0 saturated heterocycles. The van der Waals surface area contributed by atoms with Gasteiger partial charge < -0.3 is 8.85 Å². The summed E-state index contributed by atoms with van der Waals surface area (Å²) in [6, 6.07) is 21.5. The third-order valence-electron chi connectivity index (χ3n) is 7.44. The van der Waals surface area contributed by atoms with Crippen LogP contribution in [0, 0.1) is 11.8 Å². The van der Waals surface area contributed by atoms with Crippen molar-refractivity contribution in [2.45, 2.75) is 116 Å². The van der Waals surface area contributed by atoms with E-state index in [0.29, 0.717) is 0 Å². The summed E-state index contributed by atoms with van der Waals surface area (Å²) in [5.41, 5.74) is 0. The molecule has 1 aliphatic heterocycles. The highest BCUT2D eigenvalue weighted by Gasteiger charge is 2.42. The van der Waals surface area contributed by atoms with Crippen LogP contribution in [0.4, 0.5) is 0 Å². The average molecular weight is 519 g/mol. The van der Waals surface area contributed by atoms with Crippen LogP contribution in [-0.4, -0.2) is 21.8 Å². The maximum absolute atomic E-state index is 6.86. The molecule has 37 heavy (non-hydrogen) atoms. The Bertz CT molecular complexity index is 799. The molecule has 0 fully saturated rings. The molecule has 0 unspecified atom stereocenters. The highest BCUT2D eigenvalue weighted by molar-refractivity contribution is 6.92. The minimum absolute atomic E-state index is 0.773. The molecule has 3 rings (SSSR count). The Morgan fingerprint density at radius 2 is 0.730 bits per heavy atom. The van der Waals surface area contributed by atoms with E-state index in [2.05, 4.69) is 72.5 Å². The smallest absolute Gasteiger partial charge is 0.388 e. The topological polar surface area (TPSA) is 18.5 Å². The molecule has 0 aromatic heterocycles. The van der Waals surface area contributed by atoms with Gasteiger partial charge in [0, 0.05) is 26.1 Å². The second-order valence-electron chi connectivity index (χ2n) is 10.6. The van der Waals surface area contributed by atoms with Gasteiger partial charge in [0.15, 0.2) is 0 Å². The van der Waals surface area contributed by atoms with E-state index in [-0.39, 0.29) is 0 Å². The van der Waals surface area contributed by atoms with E-state index in [4.69, 9.17) is 8.85 Å². The molecule has 0 atom stereocenters. The minimum Gasteiger partial charge on any atom is -0.388 e. The number of benzene rings is 2. The summed E-state index contributed by atoms with van der Waals surface area (Å²) in [5.74, 6) is 6.80. The van der Waals surface area contributed by atoms with Crippen LogP contribution in [0.15, 0.2) is 60.7 Å². The van der Waals surface area contributed by atoms with Crippen molar-refractivity contribution in [1.29, 1.82) is 0 Å². The van der Waals surface area contributed by atoms with Crippen molar-refractivity contribution < 1.29 is 8.85 Å². The fourth-order valence-electron chi connectivity index (χ4n) is 5.22. The fraction of sp³-hybridized carbons (Fsp3) is 0.588. The third-order valence-corrected chi connectivity index (χ3v) is 10.8. The van der Waals surface area contributed by atoms with Gasteiger partial charge in [-0.3, -0.25) is 0 Å². The normalized spacial score (nSPS) is 20.4. The minimum atomic E-state index is -2.73. The maximum Gasteiger partial charge on any atom is 0.407 e. The van der Waals surface area contributed by atoms with Crippen LogP contribution in [0.1, 0.15) is 116 Å². The van der Waals surface area contributed by atoms with E-state index >= 15 is 0 Å². The van der Waals surface area contributed by atoms with E-state index in [1.807, 2.05) is 0 Å². The second kappa shape index (κ2) is 19.2. The first-order chi connectivity index (χ1) is 18.4. The molecule has 0 amide bonds. The fourth-order valence-corrected chi connectivity index (χ4v) is 8.43. The SMILES string of the molecule is C1#CCCCCCCCCCCO[Si](c2ccccc2)(c2ccccc2)OCCCCCCCCCC1. The van der Waals surface area contributed by atoms with Crippen molar-refractivity contribution in [2.24, 2.45) is 0 Å². The molecule has 0 saturated carbocycles. The van der Waals surface area contributed by atoms with Gasteiger partial charge in [-0.2, -0.15) is 0 Å². The Labute approximate surface area is 228 Å². The zero-order chi connectivity index (χ0) is 25.7. The van der Waals surface area contributed by atoms with E-state index in [1.165, 1.54) is 100 Å². The first-order valence-electron chi connectivity index (χ1n) is 15.3. The summed E-state index contributed by atoms with van der Waals surface area (Å²) < 4.78 is 13.7. The quantitative estimate of drug-likeness (QED) is 0.294. The van der Waals surface area contributed by atoms with Gasteiger partial charge in [0.05, 0.1) is 0 Å². The zero-order valence-electron chi connectivity index (χ0n) is 23.2. The number of hydrogen-bond acceptors (Lipinski definition) is 2. The molecule has 2 nitrogen and oxygen atoms in total. The van der Waals surface area contributed by atoms with Gasteiger partial charge in [-0.1, -0.05) is 138 Å². The van der Waals surface area contributed by atoms with Gasteiger partial charge in [0.1, 0.15) is 0 Å². The largest absolute Gasteiger partial charge is 0.407 e. The highest BCUT2D eigenvalue weighted by atomic mass is 28.4. The lowest BCUT2D eigenvalue weighted by atomic mass is 10.1. The van der Waals surface area contributed by atoms with Crippen molar-refractivity contribution in [3.05, 3.63) is 60.7 Å². The van der Waals surface area contributed by atoms with Gasteiger partial charge in [0.25, 0.3) is 0 Å². The summed E-state index contributed by atoms with van der Waals surface area (Å²) in [6.07, 6.45) is 22.7. The Morgan fingerprint density at radius 1 is 0.405 bits per heavy atom. The predicted octanol–water partition coefficient (Wildman–Crippen LogP) is 8.32. The molecular formula is C34H50O2Si. The molecule has 0 N–H and O–H groups in total. The Morgan fingerprint density at radius 3 is 1.11 bits per heavy atom. The zero-order valence-corrected chi connectivity index (χ0v) is 24.2. The highest BCUT2D eigenvalue weighted by Crippen LogP contribution is 2.16. The maximum atomic E-state index is 6.86. The molecule has 202 valence electrons. The molecule has 0 bridgehead atoms. The van der Waals surface area contributed by atoms with Crippen molar-refractivity contribution in [1.82, 2.24) is 0 Å². The van der Waals surface area contributed by atoms with Crippen LogP contribution < -0.4 is 10.4 Å². The van der Waals surface area contributed by atoms with Gasteiger partial charge in [-0.15, -0.1) is 11.8 Å². The molecular weight excluding hydrogens is 468 g/mol. The predicted molar refractivity (Wildman–Crippen MR) is 161 cm³/mol. The Hall–Kier alpha value is -1.86. The standard InChI is InChI=1S/C34H50O2Si/c1-2-4-6-8-10-12-14-16-18-26-32-36-37(33-27-21-19-22-28-33,34-29-23-20-24-30-34)35-31-25-17-15-13-11-9-7-5-3-1/h19-24,27-30H,3-18,25-26,31-32H2. The summed E-state index contributed by atoms with van der Waals surface area (Å²) in [7, 11) is -2.73. The van der Waals surface area contributed by atoms with Crippen LogP contribution in [-0.2, 0) is 8.85 Å². The first kappa shape index (κ1) is 29.7. The summed E-state index contributed by atoms with van der Waals surface area (Å²) in [4.78, 5) is 0. The van der Waals surface area contributed by atoms with Gasteiger partial charge in [-0.05, 0) is 36.1 Å². The third kappa shape index (κ3) is 11.6. The molecule has 0 spiro atoms. The Balaban J connectivity index is 1.60. The van der Waals surface area contributed by atoms with Crippen molar-refractivity contribution in [2.75, 3.05) is 13.2 Å². The lowest BCUT2D eigenvalue weighted by Crippen LogP contribution is -2.63. The summed E-state index contributed by atoms with van der Waals surface area (Å²) >= 11 is 0. The summed E-state index contributed by atoms with van der Waals surface area (Å²) in [6.45, 7) is 1.55. The van der Waals surface area contributed by atoms with E-state index < -0.39 is 8.56 Å². The number of rotatable bonds is 2. The molecule has 0 aliphatic carbocycles. The van der Waals surface area contributed by atoms with Crippen LogP contribution in [0.5, 0.6) is 0 Å². The number of hydrogen-bond donors (Lipinski definition) is 0. The molecule has 1 aliphatic rings. The van der Waals surface area contributed by atoms with E-state index in [1.54, 1.807) is 0 Å². The lowest BCUT2D eigenvalue weighted by Gasteiger charge is -2.31. The molecule has 1 heterocycles. The molecule has 0 radical (unpaired) electrons. The van der Waals surface area contributed by atoms with Crippen LogP contribution in [0.3, 0.4) is 0 Å².